The van der Waals surface area contributed by atoms with Crippen LogP contribution in [0.1, 0.15) is 141 Å². The highest BCUT2D eigenvalue weighted by Gasteiger charge is 2.33. The molecule has 2 heteroatoms. The number of carbonyl (C=O) groups excluding carboxylic acids is 1. The second kappa shape index (κ2) is 13.8. The molecule has 1 aromatic carbocycles. The van der Waals surface area contributed by atoms with Crippen molar-refractivity contribution in [2.45, 2.75) is 135 Å². The monoisotopic (exact) mass is 480 g/mol. The van der Waals surface area contributed by atoms with E-state index in [4.69, 9.17) is 4.74 Å². The Labute approximate surface area is 216 Å². The first-order valence-electron chi connectivity index (χ1n) is 15.5. The predicted molar refractivity (Wildman–Crippen MR) is 147 cm³/mol. The van der Waals surface area contributed by atoms with Crippen LogP contribution in [0, 0.1) is 29.6 Å². The van der Waals surface area contributed by atoms with Gasteiger partial charge in [-0.15, -0.1) is 0 Å². The molecule has 0 saturated heterocycles. The van der Waals surface area contributed by atoms with Gasteiger partial charge in [0.2, 0.25) is 0 Å². The summed E-state index contributed by atoms with van der Waals surface area (Å²) in [4.78, 5) is 12.9. The number of rotatable bonds is 10. The zero-order valence-electron chi connectivity index (χ0n) is 22.8. The predicted octanol–water partition coefficient (Wildman–Crippen LogP) is 9.86. The third-order valence-electron chi connectivity index (χ3n) is 9.99. The molecular formula is C33H52O2. The molecule has 0 bridgehead atoms. The van der Waals surface area contributed by atoms with Gasteiger partial charge in [0.05, 0.1) is 5.92 Å². The van der Waals surface area contributed by atoms with E-state index in [2.05, 4.69) is 26.0 Å². The molecule has 0 aromatic heterocycles. The van der Waals surface area contributed by atoms with Gasteiger partial charge in [-0.05, 0) is 111 Å². The molecule has 0 amide bonds. The topological polar surface area (TPSA) is 26.3 Å². The fourth-order valence-electron chi connectivity index (χ4n) is 7.66. The molecule has 3 aliphatic rings. The number of carbonyl (C=O) groups is 1. The maximum Gasteiger partial charge on any atom is 0.314 e. The van der Waals surface area contributed by atoms with E-state index in [1.54, 1.807) is 0 Å². The summed E-state index contributed by atoms with van der Waals surface area (Å²) in [6, 6.07) is 8.52. The normalized spacial score (nSPS) is 31.7. The Kier molecular flexibility index (Phi) is 10.6. The van der Waals surface area contributed by atoms with Crippen molar-refractivity contribution in [1.82, 2.24) is 0 Å². The lowest BCUT2D eigenvalue weighted by molar-refractivity contribution is -0.140. The van der Waals surface area contributed by atoms with Crippen molar-refractivity contribution in [3.63, 3.8) is 0 Å². The zero-order valence-corrected chi connectivity index (χ0v) is 22.8. The fourth-order valence-corrected chi connectivity index (χ4v) is 7.66. The standard InChI is InChI=1S/C33H52O2/c1-3-5-6-8-26-11-15-28(16-12-26)30-21-23-32(24-22-30)35-33(34)31-19-17-29(18-20-31)27-13-9-25(7-4-2)10-14-27/h21-29,31H,3-20H2,1-2H3/t25-,26-,27-,28-,29?,31?. The van der Waals surface area contributed by atoms with E-state index in [-0.39, 0.29) is 11.9 Å². The SMILES string of the molecule is CCCCC[C@H]1CC[C@H](c2ccc(OC(=O)C3CCC([C@H]4CC[C@H](CCC)CC4)CC3)cc2)CC1. The Morgan fingerprint density at radius 3 is 1.86 bits per heavy atom. The number of unbranched alkanes of at least 4 members (excludes halogenated alkanes) is 2. The maximum absolute atomic E-state index is 12.9. The molecule has 0 radical (unpaired) electrons. The van der Waals surface area contributed by atoms with Crippen molar-refractivity contribution >= 4 is 5.97 Å². The molecule has 0 heterocycles. The van der Waals surface area contributed by atoms with Crippen LogP contribution in [-0.4, -0.2) is 5.97 Å². The molecule has 3 aliphatic carbocycles. The number of hydrogen-bond acceptors (Lipinski definition) is 2. The van der Waals surface area contributed by atoms with Crippen LogP contribution in [-0.2, 0) is 4.79 Å². The van der Waals surface area contributed by atoms with Crippen molar-refractivity contribution in [2.75, 3.05) is 0 Å². The zero-order chi connectivity index (χ0) is 24.5. The van der Waals surface area contributed by atoms with Crippen molar-refractivity contribution < 1.29 is 9.53 Å². The smallest absolute Gasteiger partial charge is 0.314 e. The van der Waals surface area contributed by atoms with Gasteiger partial charge in [-0.3, -0.25) is 4.79 Å². The van der Waals surface area contributed by atoms with Crippen molar-refractivity contribution in [2.24, 2.45) is 29.6 Å². The summed E-state index contributed by atoms with van der Waals surface area (Å²) < 4.78 is 5.85. The van der Waals surface area contributed by atoms with Crippen LogP contribution < -0.4 is 4.74 Å². The van der Waals surface area contributed by atoms with Gasteiger partial charge >= 0.3 is 5.97 Å². The highest BCUT2D eigenvalue weighted by atomic mass is 16.5. The first kappa shape index (κ1) is 26.7. The summed E-state index contributed by atoms with van der Waals surface area (Å²) in [6.45, 7) is 4.62. The molecule has 0 unspecified atom stereocenters. The molecule has 3 saturated carbocycles. The van der Waals surface area contributed by atoms with E-state index >= 15 is 0 Å². The third-order valence-corrected chi connectivity index (χ3v) is 9.99. The van der Waals surface area contributed by atoms with E-state index in [0.717, 1.165) is 42.3 Å². The van der Waals surface area contributed by atoms with E-state index in [1.165, 1.54) is 108 Å². The van der Waals surface area contributed by atoms with Crippen LogP contribution in [0.3, 0.4) is 0 Å². The Balaban J connectivity index is 1.16. The molecule has 0 spiro atoms. The second-order valence-corrected chi connectivity index (χ2v) is 12.4. The molecule has 4 rings (SSSR count). The highest BCUT2D eigenvalue weighted by molar-refractivity contribution is 5.75. The summed E-state index contributed by atoms with van der Waals surface area (Å²) >= 11 is 0. The minimum Gasteiger partial charge on any atom is -0.426 e. The largest absolute Gasteiger partial charge is 0.426 e. The minimum absolute atomic E-state index is 0.00967. The van der Waals surface area contributed by atoms with Crippen LogP contribution in [0.25, 0.3) is 0 Å². The average molecular weight is 481 g/mol. The third kappa shape index (κ3) is 7.83. The van der Waals surface area contributed by atoms with Gasteiger partial charge in [0.1, 0.15) is 5.75 Å². The summed E-state index contributed by atoms with van der Waals surface area (Å²) in [7, 11) is 0. The lowest BCUT2D eigenvalue weighted by Gasteiger charge is -2.37. The Morgan fingerprint density at radius 2 is 1.26 bits per heavy atom. The number of benzene rings is 1. The molecule has 3 fully saturated rings. The summed E-state index contributed by atoms with van der Waals surface area (Å²) in [5.41, 5.74) is 1.44. The van der Waals surface area contributed by atoms with Gasteiger partial charge in [-0.2, -0.15) is 0 Å². The van der Waals surface area contributed by atoms with E-state index in [0.29, 0.717) is 5.92 Å². The molecular weight excluding hydrogens is 428 g/mol. The first-order chi connectivity index (χ1) is 17.2. The average Bonchev–Trinajstić information content (AvgIpc) is 2.90. The fraction of sp³-hybridized carbons (Fsp3) is 0.788. The molecule has 196 valence electrons. The van der Waals surface area contributed by atoms with Gasteiger partial charge < -0.3 is 4.74 Å². The molecule has 2 nitrogen and oxygen atoms in total. The van der Waals surface area contributed by atoms with Gasteiger partial charge in [-0.25, -0.2) is 0 Å². The van der Waals surface area contributed by atoms with Gasteiger partial charge in [0.25, 0.3) is 0 Å². The van der Waals surface area contributed by atoms with E-state index < -0.39 is 0 Å². The molecule has 0 aliphatic heterocycles. The summed E-state index contributed by atoms with van der Waals surface area (Å²) in [5.74, 6) is 5.24. The molecule has 35 heavy (non-hydrogen) atoms. The van der Waals surface area contributed by atoms with Crippen molar-refractivity contribution in [3.8, 4) is 5.75 Å². The lowest BCUT2D eigenvalue weighted by Crippen LogP contribution is -2.30. The van der Waals surface area contributed by atoms with Gasteiger partial charge in [0, 0.05) is 0 Å². The quantitative estimate of drug-likeness (QED) is 0.189. The molecule has 0 N–H and O–H groups in total. The Hall–Kier alpha value is -1.31. The summed E-state index contributed by atoms with van der Waals surface area (Å²) in [6.07, 6.45) is 24.0. The van der Waals surface area contributed by atoms with Crippen LogP contribution >= 0.6 is 0 Å². The molecule has 1 aromatic rings. The van der Waals surface area contributed by atoms with Crippen molar-refractivity contribution in [1.29, 1.82) is 0 Å². The second-order valence-electron chi connectivity index (χ2n) is 12.4. The maximum atomic E-state index is 12.9. The summed E-state index contributed by atoms with van der Waals surface area (Å²) in [5, 5.41) is 0. The lowest BCUT2D eigenvalue weighted by atomic mass is 9.69. The highest BCUT2D eigenvalue weighted by Crippen LogP contribution is 2.43. The van der Waals surface area contributed by atoms with Crippen LogP contribution in [0.2, 0.25) is 0 Å². The number of ether oxygens (including phenoxy) is 1. The van der Waals surface area contributed by atoms with Gasteiger partial charge in [-0.1, -0.05) is 77.3 Å². The first-order valence-corrected chi connectivity index (χ1v) is 15.5. The minimum atomic E-state index is 0.00967. The number of hydrogen-bond donors (Lipinski definition) is 0. The van der Waals surface area contributed by atoms with Gasteiger partial charge in [0.15, 0.2) is 0 Å². The molecule has 0 atom stereocenters. The van der Waals surface area contributed by atoms with Crippen molar-refractivity contribution in [3.05, 3.63) is 29.8 Å². The Bertz CT molecular complexity index is 729. The van der Waals surface area contributed by atoms with Crippen LogP contribution in [0.5, 0.6) is 5.75 Å². The van der Waals surface area contributed by atoms with E-state index in [9.17, 15) is 4.79 Å². The number of esters is 1. The van der Waals surface area contributed by atoms with E-state index in [1.807, 2.05) is 12.1 Å². The Morgan fingerprint density at radius 1 is 0.686 bits per heavy atom. The van der Waals surface area contributed by atoms with Crippen LogP contribution in [0.15, 0.2) is 24.3 Å². The van der Waals surface area contributed by atoms with Crippen LogP contribution in [0.4, 0.5) is 0 Å².